The standard InChI is InChI=1S/C18H25N3/c1-2-17-20-15-5-3-4-6-16(15)21(17)12-11-19-18(13-7-8-13)14-9-10-14/h3-6,13-14,18-19H,2,7-12H2,1H3. The molecule has 1 heterocycles. The highest BCUT2D eigenvalue weighted by molar-refractivity contribution is 5.75. The Morgan fingerprint density at radius 3 is 2.57 bits per heavy atom. The molecule has 3 nitrogen and oxygen atoms in total. The molecule has 0 unspecified atom stereocenters. The van der Waals surface area contributed by atoms with Crippen LogP contribution in [0.5, 0.6) is 0 Å². The van der Waals surface area contributed by atoms with E-state index in [0.717, 1.165) is 42.9 Å². The first-order valence-electron chi connectivity index (χ1n) is 8.54. The topological polar surface area (TPSA) is 29.9 Å². The van der Waals surface area contributed by atoms with Crippen molar-refractivity contribution < 1.29 is 0 Å². The number of nitrogens with one attached hydrogen (secondary N) is 1. The third-order valence-corrected chi connectivity index (χ3v) is 5.03. The van der Waals surface area contributed by atoms with Crippen molar-refractivity contribution in [3.63, 3.8) is 0 Å². The van der Waals surface area contributed by atoms with E-state index in [1.807, 2.05) is 0 Å². The molecule has 0 bridgehead atoms. The van der Waals surface area contributed by atoms with Crippen molar-refractivity contribution in [2.75, 3.05) is 6.54 Å². The summed E-state index contributed by atoms with van der Waals surface area (Å²) >= 11 is 0. The normalized spacial score (nSPS) is 18.8. The molecule has 2 fully saturated rings. The highest BCUT2D eigenvalue weighted by Crippen LogP contribution is 2.44. The SMILES string of the molecule is CCc1nc2ccccc2n1CCNC(C1CC1)C1CC1. The van der Waals surface area contributed by atoms with Gasteiger partial charge in [0.25, 0.3) is 0 Å². The Labute approximate surface area is 126 Å². The number of rotatable bonds is 7. The fraction of sp³-hybridized carbons (Fsp3) is 0.611. The lowest BCUT2D eigenvalue weighted by Gasteiger charge is -2.18. The summed E-state index contributed by atoms with van der Waals surface area (Å²) in [6, 6.07) is 9.30. The Bertz CT molecular complexity index is 610. The molecular formula is C18H25N3. The van der Waals surface area contributed by atoms with Crippen LogP contribution in [-0.4, -0.2) is 22.1 Å². The Morgan fingerprint density at radius 2 is 1.90 bits per heavy atom. The number of aryl methyl sites for hydroxylation is 1. The van der Waals surface area contributed by atoms with Gasteiger partial charge in [-0.05, 0) is 49.7 Å². The average Bonchev–Trinajstić information content (AvgIpc) is 3.41. The number of hydrogen-bond donors (Lipinski definition) is 1. The minimum Gasteiger partial charge on any atom is -0.327 e. The molecule has 21 heavy (non-hydrogen) atoms. The lowest BCUT2D eigenvalue weighted by Crippen LogP contribution is -2.35. The number of imidazole rings is 1. The number of benzene rings is 1. The largest absolute Gasteiger partial charge is 0.327 e. The fourth-order valence-electron chi connectivity index (χ4n) is 3.62. The van der Waals surface area contributed by atoms with Crippen LogP contribution in [0.1, 0.15) is 38.4 Å². The highest BCUT2D eigenvalue weighted by Gasteiger charge is 2.40. The zero-order chi connectivity index (χ0) is 14.2. The van der Waals surface area contributed by atoms with Crippen LogP contribution >= 0.6 is 0 Å². The summed E-state index contributed by atoms with van der Waals surface area (Å²) in [5.41, 5.74) is 2.42. The summed E-state index contributed by atoms with van der Waals surface area (Å²) < 4.78 is 2.40. The third kappa shape index (κ3) is 2.71. The van der Waals surface area contributed by atoms with E-state index in [1.54, 1.807) is 0 Å². The van der Waals surface area contributed by atoms with E-state index < -0.39 is 0 Å². The van der Waals surface area contributed by atoms with E-state index in [-0.39, 0.29) is 0 Å². The van der Waals surface area contributed by atoms with Crippen molar-refractivity contribution in [3.8, 4) is 0 Å². The average molecular weight is 283 g/mol. The van der Waals surface area contributed by atoms with E-state index in [0.29, 0.717) is 0 Å². The zero-order valence-electron chi connectivity index (χ0n) is 12.9. The number of nitrogens with zero attached hydrogens (tertiary/aromatic N) is 2. The number of aromatic nitrogens is 2. The van der Waals surface area contributed by atoms with Gasteiger partial charge in [-0.2, -0.15) is 0 Å². The quantitative estimate of drug-likeness (QED) is 0.844. The van der Waals surface area contributed by atoms with Crippen molar-refractivity contribution in [2.24, 2.45) is 11.8 Å². The maximum absolute atomic E-state index is 4.76. The molecule has 2 aromatic rings. The van der Waals surface area contributed by atoms with Crippen LogP contribution in [-0.2, 0) is 13.0 Å². The number of hydrogen-bond acceptors (Lipinski definition) is 2. The van der Waals surface area contributed by atoms with E-state index in [4.69, 9.17) is 4.98 Å². The lowest BCUT2D eigenvalue weighted by atomic mass is 10.1. The van der Waals surface area contributed by atoms with Crippen LogP contribution in [0.25, 0.3) is 11.0 Å². The molecule has 1 aromatic carbocycles. The van der Waals surface area contributed by atoms with Crippen molar-refractivity contribution in [1.82, 2.24) is 14.9 Å². The fourth-order valence-corrected chi connectivity index (χ4v) is 3.62. The molecular weight excluding hydrogens is 258 g/mol. The molecule has 1 N–H and O–H groups in total. The number of para-hydroxylation sites is 2. The summed E-state index contributed by atoms with van der Waals surface area (Å²) in [5.74, 6) is 3.16. The molecule has 0 aliphatic heterocycles. The van der Waals surface area contributed by atoms with Gasteiger partial charge in [-0.3, -0.25) is 0 Å². The first-order chi connectivity index (χ1) is 10.4. The summed E-state index contributed by atoms with van der Waals surface area (Å²) in [6.45, 7) is 4.31. The van der Waals surface area contributed by atoms with Gasteiger partial charge < -0.3 is 9.88 Å². The summed E-state index contributed by atoms with van der Waals surface area (Å²) in [7, 11) is 0. The predicted octanol–water partition coefficient (Wildman–Crippen LogP) is 3.38. The maximum atomic E-state index is 4.76. The second-order valence-corrected chi connectivity index (χ2v) is 6.68. The third-order valence-electron chi connectivity index (χ3n) is 5.03. The highest BCUT2D eigenvalue weighted by atomic mass is 15.1. The van der Waals surface area contributed by atoms with Gasteiger partial charge in [0.2, 0.25) is 0 Å². The summed E-state index contributed by atoms with van der Waals surface area (Å²) in [4.78, 5) is 4.76. The predicted molar refractivity (Wildman–Crippen MR) is 86.3 cm³/mol. The molecule has 0 amide bonds. The van der Waals surface area contributed by atoms with Gasteiger partial charge in [0, 0.05) is 25.6 Å². The van der Waals surface area contributed by atoms with Crippen LogP contribution in [0, 0.1) is 11.8 Å². The second kappa shape index (κ2) is 5.45. The minimum atomic E-state index is 0.796. The van der Waals surface area contributed by atoms with Crippen LogP contribution < -0.4 is 5.32 Å². The van der Waals surface area contributed by atoms with Crippen LogP contribution in [0.3, 0.4) is 0 Å². The molecule has 112 valence electrons. The van der Waals surface area contributed by atoms with Gasteiger partial charge in [-0.15, -0.1) is 0 Å². The van der Waals surface area contributed by atoms with Gasteiger partial charge in [-0.1, -0.05) is 19.1 Å². The van der Waals surface area contributed by atoms with Gasteiger partial charge >= 0.3 is 0 Å². The second-order valence-electron chi connectivity index (χ2n) is 6.68. The first kappa shape index (κ1) is 13.3. The van der Waals surface area contributed by atoms with Gasteiger partial charge in [-0.25, -0.2) is 4.98 Å². The number of fused-ring (bicyclic) bond motifs is 1. The molecule has 2 aliphatic rings. The van der Waals surface area contributed by atoms with Crippen LogP contribution in [0.2, 0.25) is 0 Å². The Balaban J connectivity index is 1.46. The maximum Gasteiger partial charge on any atom is 0.109 e. The lowest BCUT2D eigenvalue weighted by molar-refractivity contribution is 0.406. The first-order valence-corrected chi connectivity index (χ1v) is 8.54. The molecule has 0 spiro atoms. The van der Waals surface area contributed by atoms with E-state index in [9.17, 15) is 0 Å². The van der Waals surface area contributed by atoms with E-state index in [1.165, 1.54) is 37.0 Å². The van der Waals surface area contributed by atoms with Crippen molar-refractivity contribution in [3.05, 3.63) is 30.1 Å². The van der Waals surface area contributed by atoms with Crippen LogP contribution in [0.4, 0.5) is 0 Å². The van der Waals surface area contributed by atoms with Gasteiger partial charge in [0.15, 0.2) is 0 Å². The van der Waals surface area contributed by atoms with Gasteiger partial charge in [0.1, 0.15) is 5.82 Å². The monoisotopic (exact) mass is 283 g/mol. The van der Waals surface area contributed by atoms with Crippen molar-refractivity contribution in [2.45, 2.75) is 51.6 Å². The van der Waals surface area contributed by atoms with Crippen molar-refractivity contribution in [1.29, 1.82) is 0 Å². The Morgan fingerprint density at radius 1 is 1.19 bits per heavy atom. The minimum absolute atomic E-state index is 0.796. The van der Waals surface area contributed by atoms with Crippen LogP contribution in [0.15, 0.2) is 24.3 Å². The summed E-state index contributed by atoms with van der Waals surface area (Å²) in [6.07, 6.45) is 6.79. The van der Waals surface area contributed by atoms with Gasteiger partial charge in [0.05, 0.1) is 11.0 Å². The molecule has 4 rings (SSSR count). The van der Waals surface area contributed by atoms with E-state index in [2.05, 4.69) is 41.1 Å². The molecule has 3 heteroatoms. The molecule has 2 aliphatic carbocycles. The molecule has 0 radical (unpaired) electrons. The zero-order valence-corrected chi connectivity index (χ0v) is 12.9. The van der Waals surface area contributed by atoms with Crippen molar-refractivity contribution >= 4 is 11.0 Å². The molecule has 1 aromatic heterocycles. The molecule has 2 saturated carbocycles. The molecule has 0 atom stereocenters. The smallest absolute Gasteiger partial charge is 0.109 e. The Hall–Kier alpha value is -1.35. The molecule has 0 saturated heterocycles. The summed E-state index contributed by atoms with van der Waals surface area (Å²) in [5, 5.41) is 3.85. The van der Waals surface area contributed by atoms with E-state index >= 15 is 0 Å². The Kier molecular flexibility index (Phi) is 3.46.